The Hall–Kier alpha value is -2.15. The molecule has 0 radical (unpaired) electrons. The van der Waals surface area contributed by atoms with Crippen LogP contribution >= 0.6 is 11.8 Å². The summed E-state index contributed by atoms with van der Waals surface area (Å²) in [5, 5.41) is 1.80. The van der Waals surface area contributed by atoms with Gasteiger partial charge in [-0.25, -0.2) is 0 Å². The van der Waals surface area contributed by atoms with Gasteiger partial charge in [-0.2, -0.15) is 13.2 Å². The maximum atomic E-state index is 12.9. The van der Waals surface area contributed by atoms with Crippen molar-refractivity contribution in [3.63, 3.8) is 0 Å². The number of hydrogen-bond donors (Lipinski definition) is 1. The molecule has 24 heavy (non-hydrogen) atoms. The average molecular weight is 355 g/mol. The van der Waals surface area contributed by atoms with Crippen molar-refractivity contribution in [2.24, 2.45) is 0 Å². The van der Waals surface area contributed by atoms with Crippen LogP contribution in [0.25, 0.3) is 0 Å². The molecule has 3 nitrogen and oxygen atoms in total. The topological polar surface area (TPSA) is 38.3 Å². The Balaban J connectivity index is 2.06. The number of carbonyl (C=O) groups excluding carboxylic acids is 1. The number of alkyl halides is 3. The third kappa shape index (κ3) is 4.67. The molecule has 1 atom stereocenters. The van der Waals surface area contributed by atoms with E-state index in [0.717, 1.165) is 11.0 Å². The van der Waals surface area contributed by atoms with Crippen LogP contribution in [0.3, 0.4) is 0 Å². The summed E-state index contributed by atoms with van der Waals surface area (Å²) >= 11 is 1.25. The van der Waals surface area contributed by atoms with Gasteiger partial charge >= 0.3 is 6.18 Å². The number of nitrogens with one attached hydrogen (secondary N) is 1. The Morgan fingerprint density at radius 2 is 1.75 bits per heavy atom. The van der Waals surface area contributed by atoms with Gasteiger partial charge in [-0.3, -0.25) is 4.79 Å². The summed E-state index contributed by atoms with van der Waals surface area (Å²) in [7, 11) is 1.55. The number of ether oxygens (including phenoxy) is 1. The number of halogens is 3. The smallest absolute Gasteiger partial charge is 0.418 e. The van der Waals surface area contributed by atoms with Crippen LogP contribution in [0.4, 0.5) is 18.9 Å². The van der Waals surface area contributed by atoms with Crippen molar-refractivity contribution in [3.05, 3.63) is 54.1 Å². The van der Waals surface area contributed by atoms with Crippen molar-refractivity contribution in [2.45, 2.75) is 23.2 Å². The Morgan fingerprint density at radius 1 is 1.12 bits per heavy atom. The SMILES string of the molecule is COc1ccc(S[C@H](C)C(=O)Nc2ccccc2C(F)(F)F)cc1. The van der Waals surface area contributed by atoms with E-state index in [1.165, 1.54) is 30.0 Å². The van der Waals surface area contributed by atoms with E-state index >= 15 is 0 Å². The van der Waals surface area contributed by atoms with Crippen LogP contribution in [-0.2, 0) is 11.0 Å². The molecule has 0 saturated heterocycles. The summed E-state index contributed by atoms with van der Waals surface area (Å²) in [6.07, 6.45) is -4.52. The fourth-order valence-corrected chi connectivity index (χ4v) is 2.85. The molecule has 0 saturated carbocycles. The number of para-hydroxylation sites is 1. The maximum absolute atomic E-state index is 12.9. The van der Waals surface area contributed by atoms with Crippen molar-refractivity contribution in [3.8, 4) is 5.75 Å². The summed E-state index contributed by atoms with van der Waals surface area (Å²) in [4.78, 5) is 13.0. The third-order valence-corrected chi connectivity index (χ3v) is 4.34. The van der Waals surface area contributed by atoms with Gasteiger partial charge in [0.1, 0.15) is 5.75 Å². The molecule has 0 heterocycles. The highest BCUT2D eigenvalue weighted by Crippen LogP contribution is 2.35. The highest BCUT2D eigenvalue weighted by Gasteiger charge is 2.33. The molecule has 7 heteroatoms. The summed E-state index contributed by atoms with van der Waals surface area (Å²) in [6.45, 7) is 1.64. The quantitative estimate of drug-likeness (QED) is 0.781. The molecule has 0 aliphatic heterocycles. The Bertz CT molecular complexity index is 702. The number of thioether (sulfide) groups is 1. The van der Waals surface area contributed by atoms with E-state index in [1.807, 2.05) is 0 Å². The zero-order valence-corrected chi connectivity index (χ0v) is 13.9. The van der Waals surface area contributed by atoms with Crippen molar-refractivity contribution < 1.29 is 22.7 Å². The highest BCUT2D eigenvalue weighted by molar-refractivity contribution is 8.00. The fraction of sp³-hybridized carbons (Fsp3) is 0.235. The van der Waals surface area contributed by atoms with Crippen LogP contribution in [0.15, 0.2) is 53.4 Å². The van der Waals surface area contributed by atoms with Crippen LogP contribution in [0, 0.1) is 0 Å². The lowest BCUT2D eigenvalue weighted by molar-refractivity contribution is -0.137. The van der Waals surface area contributed by atoms with Gasteiger partial charge in [-0.15, -0.1) is 11.8 Å². The van der Waals surface area contributed by atoms with E-state index < -0.39 is 22.9 Å². The van der Waals surface area contributed by atoms with E-state index in [4.69, 9.17) is 4.74 Å². The first kappa shape index (κ1) is 18.2. The molecule has 2 aromatic rings. The number of benzene rings is 2. The van der Waals surface area contributed by atoms with Crippen LogP contribution in [0.5, 0.6) is 5.75 Å². The van der Waals surface area contributed by atoms with Gasteiger partial charge < -0.3 is 10.1 Å². The number of carbonyl (C=O) groups is 1. The number of methoxy groups -OCH3 is 1. The molecule has 0 fully saturated rings. The van der Waals surface area contributed by atoms with E-state index in [-0.39, 0.29) is 5.69 Å². The van der Waals surface area contributed by atoms with Gasteiger partial charge in [-0.1, -0.05) is 12.1 Å². The minimum absolute atomic E-state index is 0.239. The molecule has 0 aromatic heterocycles. The van der Waals surface area contributed by atoms with Crippen molar-refractivity contribution >= 4 is 23.4 Å². The van der Waals surface area contributed by atoms with E-state index in [0.29, 0.717) is 5.75 Å². The number of hydrogen-bond acceptors (Lipinski definition) is 3. The van der Waals surface area contributed by atoms with Gasteiger partial charge in [0.05, 0.1) is 23.6 Å². The summed E-state index contributed by atoms with van der Waals surface area (Å²) in [5.74, 6) is 0.197. The largest absolute Gasteiger partial charge is 0.497 e. The Kier molecular flexibility index (Phi) is 5.77. The first-order valence-electron chi connectivity index (χ1n) is 7.09. The first-order valence-corrected chi connectivity index (χ1v) is 7.97. The van der Waals surface area contributed by atoms with Crippen LogP contribution in [0.2, 0.25) is 0 Å². The number of amides is 1. The van der Waals surface area contributed by atoms with E-state index in [1.54, 1.807) is 38.3 Å². The molecule has 0 aliphatic rings. The lowest BCUT2D eigenvalue weighted by Crippen LogP contribution is -2.24. The lowest BCUT2D eigenvalue weighted by atomic mass is 10.1. The van der Waals surface area contributed by atoms with Crippen LogP contribution in [-0.4, -0.2) is 18.3 Å². The molecular formula is C17H16F3NO2S. The molecule has 0 aliphatic carbocycles. The van der Waals surface area contributed by atoms with Crippen LogP contribution in [0.1, 0.15) is 12.5 Å². The summed E-state index contributed by atoms with van der Waals surface area (Å²) in [6, 6.07) is 12.0. The minimum atomic E-state index is -4.52. The lowest BCUT2D eigenvalue weighted by Gasteiger charge is -2.16. The second-order valence-electron chi connectivity index (χ2n) is 4.97. The average Bonchev–Trinajstić information content (AvgIpc) is 2.55. The molecular weight excluding hydrogens is 339 g/mol. The molecule has 0 bridgehead atoms. The first-order chi connectivity index (χ1) is 11.3. The predicted octanol–water partition coefficient (Wildman–Crippen LogP) is 4.83. The maximum Gasteiger partial charge on any atom is 0.418 e. The zero-order chi connectivity index (χ0) is 17.7. The van der Waals surface area contributed by atoms with Crippen molar-refractivity contribution in [1.82, 2.24) is 0 Å². The van der Waals surface area contributed by atoms with Gasteiger partial charge in [-0.05, 0) is 43.3 Å². The number of rotatable bonds is 5. The number of anilines is 1. The normalized spacial score (nSPS) is 12.5. The zero-order valence-electron chi connectivity index (χ0n) is 13.1. The van der Waals surface area contributed by atoms with Crippen molar-refractivity contribution in [1.29, 1.82) is 0 Å². The molecule has 0 spiro atoms. The van der Waals surface area contributed by atoms with E-state index in [9.17, 15) is 18.0 Å². The molecule has 1 amide bonds. The monoisotopic (exact) mass is 355 g/mol. The Morgan fingerprint density at radius 3 is 2.33 bits per heavy atom. The molecule has 0 unspecified atom stereocenters. The third-order valence-electron chi connectivity index (χ3n) is 3.23. The second kappa shape index (κ2) is 7.61. The minimum Gasteiger partial charge on any atom is -0.497 e. The predicted molar refractivity (Wildman–Crippen MR) is 88.4 cm³/mol. The van der Waals surface area contributed by atoms with Crippen molar-refractivity contribution in [2.75, 3.05) is 12.4 Å². The fourth-order valence-electron chi connectivity index (χ4n) is 1.99. The van der Waals surface area contributed by atoms with Gasteiger partial charge in [0.15, 0.2) is 0 Å². The summed E-state index contributed by atoms with van der Waals surface area (Å²) in [5.41, 5.74) is -1.10. The van der Waals surface area contributed by atoms with Gasteiger partial charge in [0, 0.05) is 4.90 Å². The standard InChI is InChI=1S/C17H16F3NO2S/c1-11(24-13-9-7-12(23-2)8-10-13)16(22)21-15-6-4-3-5-14(15)17(18,19)20/h3-11H,1-2H3,(H,21,22)/t11-/m1/s1. The molecule has 1 N–H and O–H groups in total. The van der Waals surface area contributed by atoms with Gasteiger partial charge in [0.2, 0.25) is 5.91 Å². The molecule has 128 valence electrons. The highest BCUT2D eigenvalue weighted by atomic mass is 32.2. The summed E-state index contributed by atoms with van der Waals surface area (Å²) < 4.78 is 43.9. The Labute approximate surface area is 142 Å². The van der Waals surface area contributed by atoms with E-state index in [2.05, 4.69) is 5.32 Å². The van der Waals surface area contributed by atoms with Gasteiger partial charge in [0.25, 0.3) is 0 Å². The molecule has 2 aromatic carbocycles. The molecule has 2 rings (SSSR count). The van der Waals surface area contributed by atoms with Crippen LogP contribution < -0.4 is 10.1 Å². The second-order valence-corrected chi connectivity index (χ2v) is 6.38.